The lowest BCUT2D eigenvalue weighted by Crippen LogP contribution is -2.39. The van der Waals surface area contributed by atoms with E-state index in [2.05, 4.69) is 0 Å². The minimum absolute atomic E-state index is 0.0562. The van der Waals surface area contributed by atoms with E-state index >= 15 is 0 Å². The molecule has 1 aliphatic rings. The molecule has 0 bridgehead atoms. The Balaban J connectivity index is 2.22. The zero-order valence-electron chi connectivity index (χ0n) is 10.7. The van der Waals surface area contributed by atoms with Gasteiger partial charge >= 0.3 is 0 Å². The standard InChI is InChI=1S/C12H21N3O2/c1-14(9-11-5-3-8-17-11)10-12(16)15(2)7-4-6-13/h11H,3-5,7-10H2,1-2H3. The summed E-state index contributed by atoms with van der Waals surface area (Å²) in [5, 5.41) is 8.45. The predicted molar refractivity (Wildman–Crippen MR) is 64.3 cm³/mol. The third-order valence-electron chi connectivity index (χ3n) is 2.93. The number of nitriles is 1. The average molecular weight is 239 g/mol. The Morgan fingerprint density at radius 1 is 1.53 bits per heavy atom. The van der Waals surface area contributed by atoms with Crippen LogP contribution in [-0.2, 0) is 9.53 Å². The fourth-order valence-electron chi connectivity index (χ4n) is 1.89. The first-order chi connectivity index (χ1) is 8.13. The molecule has 1 aliphatic heterocycles. The Labute approximate surface area is 103 Å². The highest BCUT2D eigenvalue weighted by Crippen LogP contribution is 2.12. The average Bonchev–Trinajstić information content (AvgIpc) is 2.78. The van der Waals surface area contributed by atoms with E-state index in [1.165, 1.54) is 0 Å². The van der Waals surface area contributed by atoms with E-state index in [-0.39, 0.29) is 12.0 Å². The van der Waals surface area contributed by atoms with Crippen LogP contribution in [0, 0.1) is 11.3 Å². The maximum Gasteiger partial charge on any atom is 0.236 e. The molecule has 0 N–H and O–H groups in total. The number of likely N-dealkylation sites (N-methyl/N-ethyl adjacent to an activating group) is 2. The SMILES string of the molecule is CN(CC(=O)N(C)CCC#N)CC1CCCO1. The lowest BCUT2D eigenvalue weighted by atomic mass is 10.2. The molecule has 5 heteroatoms. The van der Waals surface area contributed by atoms with Crippen molar-refractivity contribution in [3.05, 3.63) is 0 Å². The molecule has 5 nitrogen and oxygen atoms in total. The lowest BCUT2D eigenvalue weighted by Gasteiger charge is -2.23. The highest BCUT2D eigenvalue weighted by Gasteiger charge is 2.19. The van der Waals surface area contributed by atoms with E-state index in [0.717, 1.165) is 26.0 Å². The van der Waals surface area contributed by atoms with Crippen LogP contribution in [0.3, 0.4) is 0 Å². The molecule has 0 aromatic heterocycles. The topological polar surface area (TPSA) is 56.6 Å². The maximum absolute atomic E-state index is 11.8. The summed E-state index contributed by atoms with van der Waals surface area (Å²) in [5.41, 5.74) is 0. The lowest BCUT2D eigenvalue weighted by molar-refractivity contribution is -0.131. The first kappa shape index (κ1) is 13.9. The molecule has 1 unspecified atom stereocenters. The van der Waals surface area contributed by atoms with E-state index in [4.69, 9.17) is 10.00 Å². The minimum Gasteiger partial charge on any atom is -0.377 e. The van der Waals surface area contributed by atoms with Crippen molar-refractivity contribution in [2.75, 3.05) is 40.3 Å². The van der Waals surface area contributed by atoms with Crippen molar-refractivity contribution >= 4 is 5.91 Å². The molecule has 1 saturated heterocycles. The second kappa shape index (κ2) is 7.25. The van der Waals surface area contributed by atoms with Gasteiger partial charge < -0.3 is 9.64 Å². The van der Waals surface area contributed by atoms with Gasteiger partial charge in [0.05, 0.1) is 25.1 Å². The quantitative estimate of drug-likeness (QED) is 0.676. The smallest absolute Gasteiger partial charge is 0.236 e. The number of hydrogen-bond donors (Lipinski definition) is 0. The van der Waals surface area contributed by atoms with Crippen molar-refractivity contribution in [1.82, 2.24) is 9.80 Å². The molecule has 0 radical (unpaired) electrons. The van der Waals surface area contributed by atoms with E-state index in [1.54, 1.807) is 11.9 Å². The number of carbonyl (C=O) groups excluding carboxylic acids is 1. The second-order valence-electron chi connectivity index (χ2n) is 4.56. The zero-order valence-corrected chi connectivity index (χ0v) is 10.7. The summed E-state index contributed by atoms with van der Waals surface area (Å²) in [6, 6.07) is 2.04. The van der Waals surface area contributed by atoms with Gasteiger partial charge in [-0.15, -0.1) is 0 Å². The Morgan fingerprint density at radius 3 is 2.88 bits per heavy atom. The Morgan fingerprint density at radius 2 is 2.29 bits per heavy atom. The third kappa shape index (κ3) is 5.16. The second-order valence-corrected chi connectivity index (χ2v) is 4.56. The first-order valence-corrected chi connectivity index (χ1v) is 6.04. The summed E-state index contributed by atoms with van der Waals surface area (Å²) in [4.78, 5) is 15.4. The van der Waals surface area contributed by atoms with Crippen molar-refractivity contribution in [3.63, 3.8) is 0 Å². The van der Waals surface area contributed by atoms with Crippen LogP contribution < -0.4 is 0 Å². The van der Waals surface area contributed by atoms with E-state index in [9.17, 15) is 4.79 Å². The summed E-state index contributed by atoms with van der Waals surface area (Å²) in [6.45, 7) is 2.54. The van der Waals surface area contributed by atoms with Gasteiger partial charge in [0.15, 0.2) is 0 Å². The monoisotopic (exact) mass is 239 g/mol. The van der Waals surface area contributed by atoms with Crippen LogP contribution in [0.25, 0.3) is 0 Å². The van der Waals surface area contributed by atoms with Gasteiger partial charge in [0.2, 0.25) is 5.91 Å². The van der Waals surface area contributed by atoms with Gasteiger partial charge in [-0.25, -0.2) is 0 Å². The molecule has 17 heavy (non-hydrogen) atoms. The number of carbonyl (C=O) groups is 1. The van der Waals surface area contributed by atoms with E-state index < -0.39 is 0 Å². The molecule has 0 spiro atoms. The van der Waals surface area contributed by atoms with Crippen LogP contribution in [0.5, 0.6) is 0 Å². The molecule has 0 aliphatic carbocycles. The molecule has 1 heterocycles. The highest BCUT2D eigenvalue weighted by atomic mass is 16.5. The molecular weight excluding hydrogens is 218 g/mol. The minimum atomic E-state index is 0.0562. The number of amides is 1. The number of rotatable bonds is 6. The van der Waals surface area contributed by atoms with Crippen molar-refractivity contribution in [1.29, 1.82) is 5.26 Å². The van der Waals surface area contributed by atoms with Crippen LogP contribution in [0.2, 0.25) is 0 Å². The first-order valence-electron chi connectivity index (χ1n) is 6.04. The van der Waals surface area contributed by atoms with Crippen LogP contribution in [0.4, 0.5) is 0 Å². The van der Waals surface area contributed by atoms with Crippen molar-refractivity contribution < 1.29 is 9.53 Å². The highest BCUT2D eigenvalue weighted by molar-refractivity contribution is 5.77. The van der Waals surface area contributed by atoms with Gasteiger partial charge in [-0.3, -0.25) is 9.69 Å². The number of ether oxygens (including phenoxy) is 1. The van der Waals surface area contributed by atoms with Gasteiger partial charge in [0.1, 0.15) is 0 Å². The summed E-state index contributed by atoms with van der Waals surface area (Å²) in [5.74, 6) is 0.0562. The maximum atomic E-state index is 11.8. The van der Waals surface area contributed by atoms with Gasteiger partial charge in [-0.05, 0) is 19.9 Å². The largest absolute Gasteiger partial charge is 0.377 e. The summed E-state index contributed by atoms with van der Waals surface area (Å²) in [6.07, 6.45) is 2.87. The van der Waals surface area contributed by atoms with E-state index in [1.807, 2.05) is 18.0 Å². The summed E-state index contributed by atoms with van der Waals surface area (Å²) >= 11 is 0. The van der Waals surface area contributed by atoms with Gasteiger partial charge in [-0.1, -0.05) is 0 Å². The third-order valence-corrected chi connectivity index (χ3v) is 2.93. The summed E-state index contributed by atoms with van der Waals surface area (Å²) in [7, 11) is 3.66. The normalized spacial score (nSPS) is 19.3. The molecule has 1 rings (SSSR count). The Hall–Kier alpha value is -1.12. The van der Waals surface area contributed by atoms with Crippen LogP contribution >= 0.6 is 0 Å². The molecule has 1 fully saturated rings. The Bertz CT molecular complexity index is 282. The molecule has 1 amide bonds. The van der Waals surface area contributed by atoms with Gasteiger partial charge in [0, 0.05) is 26.7 Å². The molecule has 1 atom stereocenters. The van der Waals surface area contributed by atoms with Crippen molar-refractivity contribution in [2.45, 2.75) is 25.4 Å². The zero-order chi connectivity index (χ0) is 12.7. The fourth-order valence-corrected chi connectivity index (χ4v) is 1.89. The molecule has 0 aromatic rings. The van der Waals surface area contributed by atoms with E-state index in [0.29, 0.717) is 19.5 Å². The van der Waals surface area contributed by atoms with Crippen molar-refractivity contribution in [2.24, 2.45) is 0 Å². The van der Waals surface area contributed by atoms with Crippen molar-refractivity contribution in [3.8, 4) is 6.07 Å². The molecule has 96 valence electrons. The van der Waals surface area contributed by atoms with Crippen LogP contribution in [-0.4, -0.2) is 62.1 Å². The summed E-state index contributed by atoms with van der Waals surface area (Å²) < 4.78 is 5.52. The fraction of sp³-hybridized carbons (Fsp3) is 0.833. The van der Waals surface area contributed by atoms with Gasteiger partial charge in [-0.2, -0.15) is 5.26 Å². The number of nitrogens with zero attached hydrogens (tertiary/aromatic N) is 3. The molecule has 0 aromatic carbocycles. The van der Waals surface area contributed by atoms with Crippen LogP contribution in [0.15, 0.2) is 0 Å². The predicted octanol–water partition coefficient (Wildman–Crippen LogP) is 0.469. The molecular formula is C12H21N3O2. The van der Waals surface area contributed by atoms with Gasteiger partial charge in [0.25, 0.3) is 0 Å². The number of hydrogen-bond acceptors (Lipinski definition) is 4. The molecule has 0 saturated carbocycles. The van der Waals surface area contributed by atoms with Crippen LogP contribution in [0.1, 0.15) is 19.3 Å². The Kier molecular flexibility index (Phi) is 5.95.